The Hall–Kier alpha value is 0.830. The lowest BCUT2D eigenvalue weighted by Crippen LogP contribution is -2.48. The summed E-state index contributed by atoms with van der Waals surface area (Å²) in [5.41, 5.74) is 0. The third-order valence-corrected chi connectivity index (χ3v) is 19.5. The van der Waals surface area contributed by atoms with Crippen molar-refractivity contribution in [2.75, 3.05) is 0 Å². The molecule has 1 aliphatic rings. The highest BCUT2D eigenvalue weighted by Gasteiger charge is 2.50. The molecular weight excluding hydrogens is 554 g/mol. The van der Waals surface area contributed by atoms with Crippen LogP contribution >= 0.6 is 37.7 Å². The minimum atomic E-state index is -2.48. The first-order valence-electron chi connectivity index (χ1n) is 14.0. The minimum absolute atomic E-state index is 0.273. The number of thiocarbonyl (C=S) groups is 1. The van der Waals surface area contributed by atoms with Gasteiger partial charge in [-0.2, -0.15) is 0 Å². The van der Waals surface area contributed by atoms with Crippen LogP contribution in [0.5, 0.6) is 0 Å². The summed E-state index contributed by atoms with van der Waals surface area (Å²) >= 11 is 14.9. The maximum Gasteiger partial charge on any atom is 0.172 e. The molecule has 0 saturated heterocycles. The maximum atomic E-state index is 6.81. The van der Waals surface area contributed by atoms with Crippen LogP contribution in [-0.4, -0.2) is 75.7 Å². The van der Waals surface area contributed by atoms with Crippen LogP contribution in [0.3, 0.4) is 0 Å². The second-order valence-electron chi connectivity index (χ2n) is 12.2. The van der Waals surface area contributed by atoms with Gasteiger partial charge in [-0.15, -0.1) is 9.96 Å². The molecule has 0 aliphatic carbocycles. The molecule has 6 nitrogen and oxygen atoms in total. The number of nitrogens with zero attached hydrogens (tertiary/aromatic N) is 6. The Labute approximate surface area is 245 Å². The fraction of sp³-hybridized carbons (Fsp3) is 0.923. The Morgan fingerprint density at radius 3 is 1.11 bits per heavy atom. The first-order valence-corrected chi connectivity index (χ1v) is 19.5. The second-order valence-corrected chi connectivity index (χ2v) is 21.4. The van der Waals surface area contributed by atoms with E-state index in [0.717, 1.165) is 8.72 Å². The molecule has 0 aromatic carbocycles. The molecule has 0 aromatic heterocycles. The number of thioether (sulfide) groups is 1. The molecule has 0 saturated carbocycles. The normalized spacial score (nSPS) is 17.5. The average molecular weight is 611 g/mol. The SMILES string of the molecule is CC(C)N(C(C)C)P(=S)(C1=NN=P(N(C(C)C)C(C)C)(N(C(C)C)C(C)C)C(=S)S1)N(C(C)C)C(C)C. The molecular formula is C26H56N6P2S3. The zero-order valence-corrected chi connectivity index (χ0v) is 30.7. The van der Waals surface area contributed by atoms with Crippen LogP contribution in [0.15, 0.2) is 9.96 Å². The Morgan fingerprint density at radius 2 is 0.892 bits per heavy atom. The summed E-state index contributed by atoms with van der Waals surface area (Å²) < 4.78 is 11.1. The molecule has 1 rings (SSSR count). The van der Waals surface area contributed by atoms with E-state index in [1.165, 1.54) is 0 Å². The van der Waals surface area contributed by atoms with E-state index in [9.17, 15) is 0 Å². The first-order chi connectivity index (χ1) is 16.8. The Bertz CT molecular complexity index is 832. The predicted molar refractivity (Wildman–Crippen MR) is 180 cm³/mol. The lowest BCUT2D eigenvalue weighted by atomic mass is 10.3. The third kappa shape index (κ3) is 7.19. The van der Waals surface area contributed by atoms with Crippen molar-refractivity contribution in [1.82, 2.24) is 18.7 Å². The Balaban J connectivity index is 4.22. The van der Waals surface area contributed by atoms with E-state index in [1.54, 1.807) is 11.8 Å². The largest absolute Gasteiger partial charge is 0.253 e. The van der Waals surface area contributed by atoms with Gasteiger partial charge in [-0.05, 0) is 123 Å². The summed E-state index contributed by atoms with van der Waals surface area (Å²) in [4.78, 5) is 6.30. The lowest BCUT2D eigenvalue weighted by molar-refractivity contribution is 0.256. The van der Waals surface area contributed by atoms with Crippen LogP contribution in [0.2, 0.25) is 0 Å². The van der Waals surface area contributed by atoms with Crippen molar-refractivity contribution >= 4 is 58.2 Å². The van der Waals surface area contributed by atoms with Crippen LogP contribution in [0.4, 0.5) is 0 Å². The van der Waals surface area contributed by atoms with Gasteiger partial charge < -0.3 is 0 Å². The summed E-state index contributed by atoms with van der Waals surface area (Å²) in [6.07, 6.45) is -2.48. The third-order valence-electron chi connectivity index (χ3n) is 6.43. The molecule has 0 unspecified atom stereocenters. The van der Waals surface area contributed by atoms with Gasteiger partial charge in [0.1, 0.15) is 10.3 Å². The van der Waals surface area contributed by atoms with E-state index in [4.69, 9.17) is 34.0 Å². The van der Waals surface area contributed by atoms with E-state index in [0.29, 0.717) is 0 Å². The molecule has 0 fully saturated rings. The Morgan fingerprint density at radius 1 is 0.595 bits per heavy atom. The van der Waals surface area contributed by atoms with Crippen LogP contribution in [-0.2, 0) is 11.8 Å². The predicted octanol–water partition coefficient (Wildman–Crippen LogP) is 9.11. The summed E-state index contributed by atoms with van der Waals surface area (Å²) in [5.74, 6) is 0. The average Bonchev–Trinajstić information content (AvgIpc) is 2.67. The van der Waals surface area contributed by atoms with Crippen molar-refractivity contribution in [3.05, 3.63) is 0 Å². The zero-order chi connectivity index (χ0) is 29.2. The van der Waals surface area contributed by atoms with Gasteiger partial charge in [0.15, 0.2) is 12.1 Å². The molecule has 0 atom stereocenters. The highest BCUT2D eigenvalue weighted by atomic mass is 32.4. The number of hydrogen-bond donors (Lipinski definition) is 0. The van der Waals surface area contributed by atoms with E-state index < -0.39 is 13.7 Å². The van der Waals surface area contributed by atoms with Crippen LogP contribution in [0.25, 0.3) is 0 Å². The van der Waals surface area contributed by atoms with Gasteiger partial charge in [-0.3, -0.25) is 9.34 Å². The summed E-state index contributed by atoms with van der Waals surface area (Å²) in [6, 6.07) is 2.21. The van der Waals surface area contributed by atoms with Crippen molar-refractivity contribution in [3.63, 3.8) is 0 Å². The van der Waals surface area contributed by atoms with Crippen molar-refractivity contribution in [2.24, 2.45) is 9.96 Å². The van der Waals surface area contributed by atoms with E-state index in [-0.39, 0.29) is 48.3 Å². The van der Waals surface area contributed by atoms with E-state index >= 15 is 0 Å². The molecule has 37 heavy (non-hydrogen) atoms. The van der Waals surface area contributed by atoms with Gasteiger partial charge in [-0.1, -0.05) is 24.0 Å². The summed E-state index contributed by atoms with van der Waals surface area (Å²) in [5, 5.41) is 5.19. The number of rotatable bonds is 13. The van der Waals surface area contributed by atoms with Gasteiger partial charge in [-0.25, -0.2) is 9.34 Å². The zero-order valence-electron chi connectivity index (χ0n) is 26.4. The molecule has 11 heteroatoms. The quantitative estimate of drug-likeness (QED) is 0.152. The Kier molecular flexibility index (Phi) is 13.7. The fourth-order valence-corrected chi connectivity index (χ4v) is 20.1. The lowest BCUT2D eigenvalue weighted by Gasteiger charge is -2.53. The van der Waals surface area contributed by atoms with Gasteiger partial charge in [0.2, 0.25) is 0 Å². The van der Waals surface area contributed by atoms with Gasteiger partial charge in [0, 0.05) is 48.3 Å². The van der Waals surface area contributed by atoms with Crippen molar-refractivity contribution < 1.29 is 0 Å². The highest BCUT2D eigenvalue weighted by Crippen LogP contribution is 2.70. The van der Waals surface area contributed by atoms with Crippen LogP contribution < -0.4 is 0 Å². The van der Waals surface area contributed by atoms with Gasteiger partial charge in [0.05, 0.1) is 0 Å². The molecule has 0 amide bonds. The smallest absolute Gasteiger partial charge is 0.172 e. The molecule has 218 valence electrons. The monoisotopic (exact) mass is 610 g/mol. The van der Waals surface area contributed by atoms with Crippen molar-refractivity contribution in [2.45, 2.75) is 159 Å². The summed E-state index contributed by atoms with van der Waals surface area (Å²) in [6.45, 7) is 36.0. The van der Waals surface area contributed by atoms with Crippen LogP contribution in [0.1, 0.15) is 111 Å². The molecule has 0 N–H and O–H groups in total. The van der Waals surface area contributed by atoms with E-state index in [2.05, 4.69) is 129 Å². The van der Waals surface area contributed by atoms with Crippen molar-refractivity contribution in [3.8, 4) is 0 Å². The molecule has 0 aromatic rings. The number of hydrogen-bond acceptors (Lipinski definition) is 7. The van der Waals surface area contributed by atoms with Crippen LogP contribution in [0, 0.1) is 0 Å². The molecule has 0 spiro atoms. The fourth-order valence-electron chi connectivity index (χ4n) is 6.06. The first kappa shape index (κ1) is 35.9. The molecule has 0 radical (unpaired) electrons. The van der Waals surface area contributed by atoms with Gasteiger partial charge >= 0.3 is 0 Å². The standard InChI is InChI=1S/C26H56N6P2S3/c1-17(2)29(18(3)4)33(30(19(5)6)20(7)8)26(35)37-25(27-28-33)34(36,31(21(9)10)22(11)12)32(23(13)14)24(15)16/h17-24H,1-16H3. The molecule has 1 heterocycles. The maximum absolute atomic E-state index is 6.81. The van der Waals surface area contributed by atoms with Crippen molar-refractivity contribution in [1.29, 1.82) is 0 Å². The molecule has 0 bridgehead atoms. The second kappa shape index (κ2) is 14.1. The molecule has 1 aliphatic heterocycles. The topological polar surface area (TPSA) is 37.7 Å². The van der Waals surface area contributed by atoms with Gasteiger partial charge in [0.25, 0.3) is 0 Å². The minimum Gasteiger partial charge on any atom is -0.253 e. The highest BCUT2D eigenvalue weighted by molar-refractivity contribution is 8.52. The van der Waals surface area contributed by atoms with E-state index in [1.807, 2.05) is 0 Å². The summed E-state index contributed by atoms with van der Waals surface area (Å²) in [7, 11) is -2.46.